The fourth-order valence-electron chi connectivity index (χ4n) is 9.82. The molecule has 5 heteroatoms. The standard InChI is InChI=1S/C64H54N3O.Pt/c1-64(2,3)54-38-52(37-53(39-54)59-42-50(35-36-65-59)44-19-10-5-11-20-44)56-25-16-26-60-61(56)66-63(58-41-51(45-21-12-6-13-22-45)40-57(62(58)68)49-23-14-7-15-24-49)67(60)55-33-31-48(32-34-55)47-29-27-46(28-30-47)43-17-8-4-9-18-43;/h4-26,31-36,38-42,46-47,68H,27-30H2,1-3H3;/q-1;/i46D,47D;. The molecule has 4 nitrogen and oxygen atoms in total. The van der Waals surface area contributed by atoms with E-state index in [1.807, 2.05) is 97.2 Å². The minimum atomic E-state index is -0.821. The van der Waals surface area contributed by atoms with Crippen molar-refractivity contribution in [2.75, 3.05) is 0 Å². The topological polar surface area (TPSA) is 50.9 Å². The predicted molar refractivity (Wildman–Crippen MR) is 281 cm³/mol. The van der Waals surface area contributed by atoms with Crippen LogP contribution in [0.25, 0.3) is 83.9 Å². The summed E-state index contributed by atoms with van der Waals surface area (Å²) in [4.78, 5) is 10.5. The van der Waals surface area contributed by atoms with E-state index in [-0.39, 0.29) is 32.2 Å². The average Bonchev–Trinajstić information content (AvgIpc) is 3.80. The monoisotopic (exact) mass is 1080 g/mol. The summed E-state index contributed by atoms with van der Waals surface area (Å²) >= 11 is 0. The van der Waals surface area contributed by atoms with Crippen LogP contribution in [-0.4, -0.2) is 19.6 Å². The number of rotatable bonds is 9. The van der Waals surface area contributed by atoms with Crippen LogP contribution in [-0.2, 0) is 26.5 Å². The molecule has 1 aliphatic carbocycles. The van der Waals surface area contributed by atoms with Crippen LogP contribution in [0, 0.1) is 6.07 Å². The number of phenols is 1. The van der Waals surface area contributed by atoms with E-state index in [0.717, 1.165) is 83.6 Å². The first-order chi connectivity index (χ1) is 33.9. The summed E-state index contributed by atoms with van der Waals surface area (Å²) in [5, 5.41) is 12.6. The first-order valence-corrected chi connectivity index (χ1v) is 23.7. The van der Waals surface area contributed by atoms with Crippen molar-refractivity contribution in [3.8, 4) is 78.6 Å². The van der Waals surface area contributed by atoms with Gasteiger partial charge in [0, 0.05) is 46.9 Å². The maximum Gasteiger partial charge on any atom is 0.148 e. The molecule has 1 fully saturated rings. The summed E-state index contributed by atoms with van der Waals surface area (Å²) in [6, 6.07) is 72.0. The van der Waals surface area contributed by atoms with Gasteiger partial charge in [0.05, 0.1) is 16.6 Å². The third-order valence-electron chi connectivity index (χ3n) is 13.6. The predicted octanol–water partition coefficient (Wildman–Crippen LogP) is 16.7. The third-order valence-corrected chi connectivity index (χ3v) is 13.6. The summed E-state index contributed by atoms with van der Waals surface area (Å²) in [6.07, 6.45) is 4.29. The smallest absolute Gasteiger partial charge is 0.148 e. The number of pyridine rings is 1. The zero-order valence-corrected chi connectivity index (χ0v) is 41.3. The van der Waals surface area contributed by atoms with Gasteiger partial charge in [0.1, 0.15) is 11.6 Å². The van der Waals surface area contributed by atoms with Crippen LogP contribution in [0.2, 0.25) is 0 Å². The van der Waals surface area contributed by atoms with Crippen LogP contribution in [0.1, 0.15) is 77.7 Å². The summed E-state index contributed by atoms with van der Waals surface area (Å²) < 4.78 is 21.3. The van der Waals surface area contributed by atoms with Gasteiger partial charge in [-0.2, -0.15) is 0 Å². The Balaban J connectivity index is 0.00000582. The molecule has 2 heterocycles. The molecule has 0 aliphatic heterocycles. The van der Waals surface area contributed by atoms with Gasteiger partial charge in [-0.3, -0.25) is 9.55 Å². The van der Waals surface area contributed by atoms with Crippen molar-refractivity contribution in [3.63, 3.8) is 0 Å². The van der Waals surface area contributed by atoms with Crippen LogP contribution < -0.4 is 0 Å². The third kappa shape index (κ3) is 9.27. The molecule has 0 spiro atoms. The average molecular weight is 1080 g/mol. The molecule has 1 aliphatic rings. The van der Waals surface area contributed by atoms with Gasteiger partial charge in [-0.05, 0) is 118 Å². The second kappa shape index (κ2) is 19.5. The quantitative estimate of drug-likeness (QED) is 0.147. The van der Waals surface area contributed by atoms with Crippen LogP contribution in [0.5, 0.6) is 5.75 Å². The first kappa shape index (κ1) is 43.2. The van der Waals surface area contributed by atoms with Crippen LogP contribution in [0.3, 0.4) is 0 Å². The maximum atomic E-state index is 12.6. The van der Waals surface area contributed by atoms with Crippen molar-refractivity contribution in [2.24, 2.45) is 0 Å². The zero-order chi connectivity index (χ0) is 48.0. The van der Waals surface area contributed by atoms with Gasteiger partial charge in [0.2, 0.25) is 0 Å². The van der Waals surface area contributed by atoms with E-state index in [1.165, 1.54) is 0 Å². The molecule has 342 valence electrons. The van der Waals surface area contributed by atoms with Crippen molar-refractivity contribution in [1.29, 1.82) is 0 Å². The Hall–Kier alpha value is -7.13. The second-order valence-corrected chi connectivity index (χ2v) is 19.0. The largest absolute Gasteiger partial charge is 0.507 e. The SMILES string of the molecule is [2H]C1(c2ccccc2)CCC([2H])(c2ccc(-n3c(-c4cc(-c5ccccc5)cc(-c5ccccc5)c4O)nc4c(-c5[c-]c(-c6cc(-c7ccccc7)ccn6)cc(C(C)(C)C)c5)cccc43)cc2)CC1.[Pt]. The molecule has 8 aromatic carbocycles. The number of hydrogen-bond acceptors (Lipinski definition) is 3. The fraction of sp³-hybridized carbons (Fsp3) is 0.156. The zero-order valence-electron chi connectivity index (χ0n) is 41.1. The number of imidazole rings is 1. The molecular weight excluding hydrogens is 1020 g/mol. The van der Waals surface area contributed by atoms with Gasteiger partial charge < -0.3 is 5.11 Å². The molecule has 69 heavy (non-hydrogen) atoms. The summed E-state index contributed by atoms with van der Waals surface area (Å²) in [5.74, 6) is -0.792. The van der Waals surface area contributed by atoms with E-state index in [9.17, 15) is 7.85 Å². The van der Waals surface area contributed by atoms with Crippen molar-refractivity contribution >= 4 is 11.0 Å². The van der Waals surface area contributed by atoms with E-state index in [2.05, 4.69) is 141 Å². The van der Waals surface area contributed by atoms with E-state index in [0.29, 0.717) is 42.6 Å². The normalized spacial score (nSPS) is 17.4. The van der Waals surface area contributed by atoms with Gasteiger partial charge in [0.25, 0.3) is 0 Å². The number of aromatic hydroxyl groups is 1. The molecular formula is C64H54N3OPt-. The van der Waals surface area contributed by atoms with Gasteiger partial charge in [-0.25, -0.2) is 4.98 Å². The minimum Gasteiger partial charge on any atom is -0.507 e. The Bertz CT molecular complexity index is 3490. The molecule has 0 amide bonds. The van der Waals surface area contributed by atoms with E-state index >= 15 is 0 Å². The number of nitrogens with zero attached hydrogens (tertiary/aromatic N) is 3. The van der Waals surface area contributed by atoms with Crippen LogP contribution in [0.4, 0.5) is 0 Å². The van der Waals surface area contributed by atoms with Crippen LogP contribution >= 0.6 is 0 Å². The summed E-state index contributed by atoms with van der Waals surface area (Å²) in [5.41, 5.74) is 15.3. The second-order valence-electron chi connectivity index (χ2n) is 19.0. The summed E-state index contributed by atoms with van der Waals surface area (Å²) in [6.45, 7) is 6.69. The molecule has 2 aromatic heterocycles. The number of aromatic nitrogens is 3. The maximum absolute atomic E-state index is 12.6. The Morgan fingerprint density at radius 2 is 1.09 bits per heavy atom. The molecule has 0 radical (unpaired) electrons. The van der Waals surface area contributed by atoms with Gasteiger partial charge in [-0.15, -0.1) is 29.3 Å². The van der Waals surface area contributed by atoms with Crippen molar-refractivity contribution < 1.29 is 28.9 Å². The van der Waals surface area contributed by atoms with E-state index in [4.69, 9.17) is 9.97 Å². The van der Waals surface area contributed by atoms with Crippen LogP contribution in [0.15, 0.2) is 206 Å². The molecule has 11 rings (SSSR count). The minimum absolute atomic E-state index is 0. The van der Waals surface area contributed by atoms with Gasteiger partial charge in [0.15, 0.2) is 0 Å². The van der Waals surface area contributed by atoms with Crippen molar-refractivity contribution in [3.05, 3.63) is 229 Å². The van der Waals surface area contributed by atoms with Gasteiger partial charge in [-0.1, -0.05) is 184 Å². The number of benzene rings is 8. The Morgan fingerprint density at radius 1 is 0.536 bits per heavy atom. The number of phenolic OH excluding ortho intramolecular Hbond substituents is 1. The Kier molecular flexibility index (Phi) is 12.2. The molecule has 0 saturated heterocycles. The molecule has 0 unspecified atom stereocenters. The van der Waals surface area contributed by atoms with E-state index < -0.39 is 11.8 Å². The molecule has 0 bridgehead atoms. The Labute approximate surface area is 423 Å². The molecule has 10 aromatic rings. The molecule has 1 saturated carbocycles. The van der Waals surface area contributed by atoms with Gasteiger partial charge >= 0.3 is 0 Å². The number of para-hydroxylation sites is 1. The molecule has 0 atom stereocenters. The van der Waals surface area contributed by atoms with Crippen molar-refractivity contribution in [1.82, 2.24) is 14.5 Å². The van der Waals surface area contributed by atoms with E-state index in [1.54, 1.807) is 0 Å². The Morgan fingerprint density at radius 3 is 1.71 bits per heavy atom. The fourth-order valence-corrected chi connectivity index (χ4v) is 9.82. The molecule has 1 N–H and O–H groups in total. The first-order valence-electron chi connectivity index (χ1n) is 24.7. The number of hydrogen-bond donors (Lipinski definition) is 1. The van der Waals surface area contributed by atoms with Crippen molar-refractivity contribution in [2.45, 2.75) is 63.7 Å². The summed E-state index contributed by atoms with van der Waals surface area (Å²) in [7, 11) is 0. The number of fused-ring (bicyclic) bond motifs is 1.